The first-order chi connectivity index (χ1) is 10.7. The van der Waals surface area contributed by atoms with E-state index in [1.54, 1.807) is 18.2 Å². The molecule has 0 heterocycles. The number of rotatable bonds is 4. The van der Waals surface area contributed by atoms with Gasteiger partial charge in [0.25, 0.3) is 5.69 Å². The number of ether oxygens (including phenoxy) is 1. The lowest BCUT2D eigenvalue weighted by molar-refractivity contribution is -0.384. The van der Waals surface area contributed by atoms with Gasteiger partial charge in [0, 0.05) is 11.5 Å². The maximum Gasteiger partial charge on any atom is 0.273 e. The minimum atomic E-state index is -0.455. The summed E-state index contributed by atoms with van der Waals surface area (Å²) in [5.41, 5.74) is 0.806. The Morgan fingerprint density at radius 1 is 1.05 bits per heavy atom. The Hall–Kier alpha value is -2.92. The van der Waals surface area contributed by atoms with Gasteiger partial charge in [0.2, 0.25) is 0 Å². The van der Waals surface area contributed by atoms with E-state index in [0.717, 1.165) is 16.3 Å². The van der Waals surface area contributed by atoms with Gasteiger partial charge in [-0.3, -0.25) is 10.1 Å². The van der Waals surface area contributed by atoms with Gasteiger partial charge in [-0.05, 0) is 29.1 Å². The van der Waals surface area contributed by atoms with Crippen LogP contribution in [-0.4, -0.2) is 10.0 Å². The second kappa shape index (κ2) is 5.83. The molecule has 1 N–H and O–H groups in total. The highest BCUT2D eigenvalue weighted by molar-refractivity contribution is 5.89. The Bertz CT molecular complexity index is 845. The third kappa shape index (κ3) is 2.75. The van der Waals surface area contributed by atoms with Crippen LogP contribution in [0.25, 0.3) is 10.8 Å². The van der Waals surface area contributed by atoms with Crippen molar-refractivity contribution in [1.29, 1.82) is 0 Å². The highest BCUT2D eigenvalue weighted by Crippen LogP contribution is 2.31. The molecular formula is C17H13NO4. The zero-order valence-electron chi connectivity index (χ0n) is 11.6. The molecule has 3 aromatic rings. The monoisotopic (exact) mass is 295 g/mol. The molecule has 0 aliphatic carbocycles. The number of hydrogen-bond donors (Lipinski definition) is 1. The predicted molar refractivity (Wildman–Crippen MR) is 83.0 cm³/mol. The van der Waals surface area contributed by atoms with Crippen LogP contribution in [0.5, 0.6) is 11.5 Å². The molecule has 0 bridgehead atoms. The van der Waals surface area contributed by atoms with Crippen LogP contribution in [-0.2, 0) is 6.61 Å². The minimum Gasteiger partial charge on any atom is -0.456 e. The second-order valence-electron chi connectivity index (χ2n) is 4.83. The number of fused-ring (bicyclic) bond motifs is 1. The summed E-state index contributed by atoms with van der Waals surface area (Å²) in [5.74, 6) is 1.02. The highest BCUT2D eigenvalue weighted by Gasteiger charge is 2.09. The van der Waals surface area contributed by atoms with Gasteiger partial charge in [-0.25, -0.2) is 0 Å². The molecule has 0 aliphatic rings. The van der Waals surface area contributed by atoms with E-state index in [-0.39, 0.29) is 12.3 Å². The van der Waals surface area contributed by atoms with E-state index >= 15 is 0 Å². The van der Waals surface area contributed by atoms with Crippen molar-refractivity contribution < 1.29 is 14.8 Å². The summed E-state index contributed by atoms with van der Waals surface area (Å²) in [7, 11) is 0. The fourth-order valence-corrected chi connectivity index (χ4v) is 2.28. The Morgan fingerprint density at radius 2 is 1.86 bits per heavy atom. The lowest BCUT2D eigenvalue weighted by Crippen LogP contribution is -1.90. The Kier molecular flexibility index (Phi) is 3.72. The Balaban J connectivity index is 2.00. The summed E-state index contributed by atoms with van der Waals surface area (Å²) in [5, 5.41) is 21.8. The van der Waals surface area contributed by atoms with Crippen molar-refractivity contribution in [2.75, 3.05) is 0 Å². The zero-order chi connectivity index (χ0) is 15.5. The van der Waals surface area contributed by atoms with E-state index in [0.29, 0.717) is 11.5 Å². The molecule has 3 aromatic carbocycles. The summed E-state index contributed by atoms with van der Waals surface area (Å²) in [6.07, 6.45) is 0. The Labute approximate surface area is 126 Å². The van der Waals surface area contributed by atoms with E-state index in [1.807, 2.05) is 30.3 Å². The van der Waals surface area contributed by atoms with Gasteiger partial charge in [0.15, 0.2) is 0 Å². The van der Waals surface area contributed by atoms with Crippen molar-refractivity contribution in [2.45, 2.75) is 6.61 Å². The largest absolute Gasteiger partial charge is 0.456 e. The molecule has 110 valence electrons. The van der Waals surface area contributed by atoms with E-state index in [2.05, 4.69) is 0 Å². The fourth-order valence-electron chi connectivity index (χ4n) is 2.28. The molecule has 0 radical (unpaired) electrons. The molecule has 0 spiro atoms. The SMILES string of the molecule is O=[N+]([O-])c1cccc(Oc2cccc3cc(CO)ccc23)c1. The summed E-state index contributed by atoms with van der Waals surface area (Å²) >= 11 is 0. The van der Waals surface area contributed by atoms with E-state index < -0.39 is 4.92 Å². The number of benzene rings is 3. The van der Waals surface area contributed by atoms with Gasteiger partial charge >= 0.3 is 0 Å². The van der Waals surface area contributed by atoms with Gasteiger partial charge in [-0.1, -0.05) is 30.3 Å². The first-order valence-corrected chi connectivity index (χ1v) is 6.72. The maximum atomic E-state index is 10.8. The summed E-state index contributed by atoms with van der Waals surface area (Å²) in [6, 6.07) is 17.2. The molecule has 5 nitrogen and oxygen atoms in total. The predicted octanol–water partition coefficient (Wildman–Crippen LogP) is 4.03. The van der Waals surface area contributed by atoms with Crippen molar-refractivity contribution in [3.8, 4) is 11.5 Å². The van der Waals surface area contributed by atoms with Crippen molar-refractivity contribution >= 4 is 16.5 Å². The molecule has 5 heteroatoms. The lowest BCUT2D eigenvalue weighted by Gasteiger charge is -2.09. The minimum absolute atomic E-state index is 0.0136. The average molecular weight is 295 g/mol. The molecule has 3 rings (SSSR count). The van der Waals surface area contributed by atoms with Gasteiger partial charge in [0.1, 0.15) is 11.5 Å². The molecule has 0 amide bonds. The summed E-state index contributed by atoms with van der Waals surface area (Å²) in [4.78, 5) is 10.4. The van der Waals surface area contributed by atoms with Crippen molar-refractivity contribution in [3.05, 3.63) is 76.3 Å². The van der Waals surface area contributed by atoms with Crippen molar-refractivity contribution in [3.63, 3.8) is 0 Å². The molecule has 0 atom stereocenters. The summed E-state index contributed by atoms with van der Waals surface area (Å²) in [6.45, 7) is -0.0219. The standard InChI is InChI=1S/C17H13NO4/c19-11-12-7-8-16-13(9-12)3-1-6-17(16)22-15-5-2-4-14(10-15)18(20)21/h1-10,19H,11H2. The van der Waals surface area contributed by atoms with Crippen LogP contribution in [0.3, 0.4) is 0 Å². The Morgan fingerprint density at radius 3 is 2.64 bits per heavy atom. The lowest BCUT2D eigenvalue weighted by atomic mass is 10.1. The van der Waals surface area contributed by atoms with E-state index in [9.17, 15) is 15.2 Å². The molecule has 0 fully saturated rings. The third-order valence-corrected chi connectivity index (χ3v) is 3.34. The fraction of sp³-hybridized carbons (Fsp3) is 0.0588. The molecule has 0 saturated carbocycles. The van der Waals surface area contributed by atoms with Crippen LogP contribution in [0.1, 0.15) is 5.56 Å². The van der Waals surface area contributed by atoms with Gasteiger partial charge in [-0.15, -0.1) is 0 Å². The maximum absolute atomic E-state index is 10.8. The molecule has 0 aromatic heterocycles. The van der Waals surface area contributed by atoms with E-state index in [1.165, 1.54) is 12.1 Å². The van der Waals surface area contributed by atoms with Crippen LogP contribution >= 0.6 is 0 Å². The number of nitrogens with zero attached hydrogens (tertiary/aromatic N) is 1. The smallest absolute Gasteiger partial charge is 0.273 e. The molecule has 0 aliphatic heterocycles. The average Bonchev–Trinajstić information content (AvgIpc) is 2.55. The zero-order valence-corrected chi connectivity index (χ0v) is 11.6. The number of aliphatic hydroxyl groups excluding tert-OH is 1. The van der Waals surface area contributed by atoms with Crippen LogP contribution < -0.4 is 4.74 Å². The van der Waals surface area contributed by atoms with E-state index in [4.69, 9.17) is 4.74 Å². The molecule has 22 heavy (non-hydrogen) atoms. The number of aliphatic hydroxyl groups is 1. The van der Waals surface area contributed by atoms with Crippen LogP contribution in [0, 0.1) is 10.1 Å². The topological polar surface area (TPSA) is 72.6 Å². The molecule has 0 saturated heterocycles. The molecule has 0 unspecified atom stereocenters. The van der Waals surface area contributed by atoms with Crippen molar-refractivity contribution in [2.24, 2.45) is 0 Å². The van der Waals surface area contributed by atoms with Gasteiger partial charge in [0.05, 0.1) is 17.6 Å². The highest BCUT2D eigenvalue weighted by atomic mass is 16.6. The number of non-ortho nitro benzene ring substituents is 1. The van der Waals surface area contributed by atoms with Gasteiger partial charge in [-0.2, -0.15) is 0 Å². The number of hydrogen-bond acceptors (Lipinski definition) is 4. The van der Waals surface area contributed by atoms with Crippen LogP contribution in [0.15, 0.2) is 60.7 Å². The normalized spacial score (nSPS) is 10.6. The van der Waals surface area contributed by atoms with Crippen molar-refractivity contribution in [1.82, 2.24) is 0 Å². The second-order valence-corrected chi connectivity index (χ2v) is 4.83. The van der Waals surface area contributed by atoms with Crippen LogP contribution in [0.2, 0.25) is 0 Å². The van der Waals surface area contributed by atoms with Crippen LogP contribution in [0.4, 0.5) is 5.69 Å². The summed E-state index contributed by atoms with van der Waals surface area (Å²) < 4.78 is 5.79. The number of nitro groups is 1. The first kappa shape index (κ1) is 14.0. The third-order valence-electron chi connectivity index (χ3n) is 3.34. The molecular weight excluding hydrogens is 282 g/mol. The quantitative estimate of drug-likeness (QED) is 0.582. The first-order valence-electron chi connectivity index (χ1n) is 6.72. The number of nitro benzene ring substituents is 1. The van der Waals surface area contributed by atoms with Gasteiger partial charge < -0.3 is 9.84 Å².